The zero-order valence-corrected chi connectivity index (χ0v) is 11.8. The summed E-state index contributed by atoms with van der Waals surface area (Å²) < 4.78 is 7.47. The molecule has 106 valence electrons. The first kappa shape index (κ1) is 14.1. The highest BCUT2D eigenvalue weighted by Gasteiger charge is 2.22. The molecule has 1 atom stereocenters. The molecule has 19 heavy (non-hydrogen) atoms. The van der Waals surface area contributed by atoms with Gasteiger partial charge in [0.15, 0.2) is 0 Å². The van der Waals surface area contributed by atoms with Gasteiger partial charge in [-0.2, -0.15) is 5.10 Å². The Bertz CT molecular complexity index is 442. The average Bonchev–Trinajstić information content (AvgIpc) is 2.62. The van der Waals surface area contributed by atoms with Crippen LogP contribution < -0.4 is 4.74 Å². The Morgan fingerprint density at radius 2 is 2.37 bits per heavy atom. The molecule has 5 heteroatoms. The van der Waals surface area contributed by atoms with Crippen molar-refractivity contribution in [2.24, 2.45) is 7.05 Å². The van der Waals surface area contributed by atoms with Crippen LogP contribution in [0.2, 0.25) is 0 Å². The summed E-state index contributed by atoms with van der Waals surface area (Å²) in [6.07, 6.45) is 3.48. The number of piperidine rings is 1. The molecular weight excluding hydrogens is 242 g/mol. The van der Waals surface area contributed by atoms with Crippen molar-refractivity contribution >= 4 is 0 Å². The van der Waals surface area contributed by atoms with Gasteiger partial charge in [-0.1, -0.05) is 12.7 Å². The molecule has 0 spiro atoms. The number of aliphatic hydroxyl groups is 1. The lowest BCUT2D eigenvalue weighted by Crippen LogP contribution is -2.37. The minimum atomic E-state index is -0.205. The van der Waals surface area contributed by atoms with Crippen LogP contribution in [0.5, 0.6) is 5.88 Å². The molecule has 1 N–H and O–H groups in total. The van der Waals surface area contributed by atoms with Crippen LogP contribution in [0, 0.1) is 6.92 Å². The number of likely N-dealkylation sites (tertiary alicyclic amines) is 1. The molecule has 2 heterocycles. The Morgan fingerprint density at radius 1 is 1.58 bits per heavy atom. The fourth-order valence-electron chi connectivity index (χ4n) is 2.58. The van der Waals surface area contributed by atoms with Crippen LogP contribution in [0.3, 0.4) is 0 Å². The lowest BCUT2D eigenvalue weighted by molar-refractivity contribution is 0.0662. The lowest BCUT2D eigenvalue weighted by atomic mass is 10.1. The highest BCUT2D eigenvalue weighted by atomic mass is 16.5. The van der Waals surface area contributed by atoms with Crippen molar-refractivity contribution in [1.29, 1.82) is 0 Å². The second-order valence-electron chi connectivity index (χ2n) is 5.12. The maximum absolute atomic E-state index is 9.74. The Labute approximate surface area is 114 Å². The van der Waals surface area contributed by atoms with Crippen LogP contribution in [0.15, 0.2) is 12.7 Å². The van der Waals surface area contributed by atoms with E-state index in [9.17, 15) is 5.11 Å². The molecule has 1 aliphatic heterocycles. The molecule has 0 bridgehead atoms. The second-order valence-corrected chi connectivity index (χ2v) is 5.12. The molecule has 1 saturated heterocycles. The molecular formula is C14H23N3O2. The first-order valence-electron chi connectivity index (χ1n) is 6.78. The van der Waals surface area contributed by atoms with E-state index in [4.69, 9.17) is 4.74 Å². The summed E-state index contributed by atoms with van der Waals surface area (Å²) in [4.78, 5) is 2.26. The molecule has 2 rings (SSSR count). The van der Waals surface area contributed by atoms with Crippen LogP contribution in [0.25, 0.3) is 0 Å². The van der Waals surface area contributed by atoms with Gasteiger partial charge in [-0.3, -0.25) is 4.90 Å². The predicted molar refractivity (Wildman–Crippen MR) is 74.2 cm³/mol. The van der Waals surface area contributed by atoms with E-state index in [1.165, 1.54) is 0 Å². The van der Waals surface area contributed by atoms with Crippen LogP contribution >= 0.6 is 0 Å². The SMILES string of the molecule is C=CCOc1c(CN2CCCC(O)C2)c(C)nn1C. The molecule has 0 radical (unpaired) electrons. The number of ether oxygens (including phenoxy) is 1. The van der Waals surface area contributed by atoms with Gasteiger partial charge in [0, 0.05) is 20.1 Å². The van der Waals surface area contributed by atoms with Crippen LogP contribution in [-0.2, 0) is 13.6 Å². The summed E-state index contributed by atoms with van der Waals surface area (Å²) >= 11 is 0. The molecule has 0 saturated carbocycles. The molecule has 0 aromatic carbocycles. The number of aryl methyl sites for hydroxylation is 2. The summed E-state index contributed by atoms with van der Waals surface area (Å²) in [6, 6.07) is 0. The number of hydrogen-bond acceptors (Lipinski definition) is 4. The number of hydrogen-bond donors (Lipinski definition) is 1. The number of aromatic nitrogens is 2. The maximum Gasteiger partial charge on any atom is 0.216 e. The molecule has 0 amide bonds. The van der Waals surface area contributed by atoms with Gasteiger partial charge >= 0.3 is 0 Å². The van der Waals surface area contributed by atoms with Crippen molar-refractivity contribution in [3.8, 4) is 5.88 Å². The van der Waals surface area contributed by atoms with E-state index in [0.29, 0.717) is 6.61 Å². The van der Waals surface area contributed by atoms with Gasteiger partial charge in [-0.05, 0) is 26.3 Å². The third kappa shape index (κ3) is 3.36. The van der Waals surface area contributed by atoms with Crippen molar-refractivity contribution in [2.45, 2.75) is 32.4 Å². The number of β-amino-alcohol motifs (C(OH)–C–C–N with tert-alkyl or cyclic N) is 1. The predicted octanol–water partition coefficient (Wildman–Crippen LogP) is 1.25. The molecule has 1 aliphatic rings. The smallest absolute Gasteiger partial charge is 0.216 e. The number of aliphatic hydroxyl groups excluding tert-OH is 1. The molecule has 1 aromatic heterocycles. The minimum Gasteiger partial charge on any atom is -0.473 e. The lowest BCUT2D eigenvalue weighted by Gasteiger charge is -2.29. The third-order valence-corrected chi connectivity index (χ3v) is 3.49. The summed E-state index contributed by atoms with van der Waals surface area (Å²) in [7, 11) is 1.89. The first-order valence-corrected chi connectivity index (χ1v) is 6.78. The highest BCUT2D eigenvalue weighted by molar-refractivity contribution is 5.31. The van der Waals surface area contributed by atoms with Gasteiger partial charge < -0.3 is 9.84 Å². The molecule has 1 fully saturated rings. The van der Waals surface area contributed by atoms with Crippen molar-refractivity contribution in [1.82, 2.24) is 14.7 Å². The van der Waals surface area contributed by atoms with Crippen molar-refractivity contribution in [3.05, 3.63) is 23.9 Å². The molecule has 5 nitrogen and oxygen atoms in total. The molecule has 1 unspecified atom stereocenters. The Kier molecular flexibility index (Phi) is 4.61. The largest absolute Gasteiger partial charge is 0.473 e. The van der Waals surface area contributed by atoms with Crippen LogP contribution in [0.4, 0.5) is 0 Å². The second kappa shape index (κ2) is 6.21. The molecule has 1 aromatic rings. The van der Waals surface area contributed by atoms with Gasteiger partial charge in [0.2, 0.25) is 5.88 Å². The molecule has 0 aliphatic carbocycles. The van der Waals surface area contributed by atoms with Gasteiger partial charge in [-0.25, -0.2) is 4.68 Å². The summed E-state index contributed by atoms with van der Waals surface area (Å²) in [5, 5.41) is 14.2. The Morgan fingerprint density at radius 3 is 3.05 bits per heavy atom. The zero-order valence-electron chi connectivity index (χ0n) is 11.8. The van der Waals surface area contributed by atoms with Crippen LogP contribution in [0.1, 0.15) is 24.1 Å². The van der Waals surface area contributed by atoms with Gasteiger partial charge in [-0.15, -0.1) is 0 Å². The summed E-state index contributed by atoms with van der Waals surface area (Å²) in [5.74, 6) is 0.803. The first-order chi connectivity index (χ1) is 9.11. The summed E-state index contributed by atoms with van der Waals surface area (Å²) in [5.41, 5.74) is 2.10. The van der Waals surface area contributed by atoms with E-state index >= 15 is 0 Å². The fourth-order valence-corrected chi connectivity index (χ4v) is 2.58. The summed E-state index contributed by atoms with van der Waals surface area (Å²) in [6.45, 7) is 8.68. The number of rotatable bonds is 5. The van der Waals surface area contributed by atoms with Gasteiger partial charge in [0.05, 0.1) is 17.4 Å². The van der Waals surface area contributed by atoms with Gasteiger partial charge in [0.25, 0.3) is 0 Å². The fraction of sp³-hybridized carbons (Fsp3) is 0.643. The third-order valence-electron chi connectivity index (χ3n) is 3.49. The zero-order chi connectivity index (χ0) is 13.8. The highest BCUT2D eigenvalue weighted by Crippen LogP contribution is 2.24. The van der Waals surface area contributed by atoms with E-state index < -0.39 is 0 Å². The van der Waals surface area contributed by atoms with Crippen LogP contribution in [-0.4, -0.2) is 45.6 Å². The minimum absolute atomic E-state index is 0.205. The van der Waals surface area contributed by atoms with Crippen molar-refractivity contribution in [2.75, 3.05) is 19.7 Å². The monoisotopic (exact) mass is 265 g/mol. The maximum atomic E-state index is 9.74. The van der Waals surface area contributed by atoms with E-state index in [0.717, 1.165) is 49.6 Å². The van der Waals surface area contributed by atoms with E-state index in [1.807, 2.05) is 14.0 Å². The quantitative estimate of drug-likeness (QED) is 0.814. The average molecular weight is 265 g/mol. The van der Waals surface area contributed by atoms with Crippen molar-refractivity contribution < 1.29 is 9.84 Å². The Balaban J connectivity index is 2.11. The van der Waals surface area contributed by atoms with Gasteiger partial charge in [0.1, 0.15) is 6.61 Å². The van der Waals surface area contributed by atoms with E-state index in [-0.39, 0.29) is 6.10 Å². The van der Waals surface area contributed by atoms with Crippen molar-refractivity contribution in [3.63, 3.8) is 0 Å². The van der Waals surface area contributed by atoms with E-state index in [2.05, 4.69) is 16.6 Å². The Hall–Kier alpha value is -1.33. The number of nitrogens with zero attached hydrogens (tertiary/aromatic N) is 3. The standard InChI is InChI=1S/C14H23N3O2/c1-4-8-19-14-13(11(2)15-16(14)3)10-17-7-5-6-12(18)9-17/h4,12,18H,1,5-10H2,2-3H3. The topological polar surface area (TPSA) is 50.5 Å². The normalized spacial score (nSPS) is 20.5. The van der Waals surface area contributed by atoms with E-state index in [1.54, 1.807) is 10.8 Å².